The summed E-state index contributed by atoms with van der Waals surface area (Å²) in [6.07, 6.45) is 0. The summed E-state index contributed by atoms with van der Waals surface area (Å²) >= 11 is 6.54. The second kappa shape index (κ2) is 8.99. The van der Waals surface area contributed by atoms with Crippen LogP contribution in [0.15, 0.2) is 102 Å². The van der Waals surface area contributed by atoms with Gasteiger partial charge < -0.3 is 0 Å². The van der Waals surface area contributed by atoms with Crippen molar-refractivity contribution in [3.05, 3.63) is 119 Å². The fourth-order valence-corrected chi connectivity index (χ4v) is 4.80. The topological polar surface area (TPSA) is 63.2 Å². The lowest BCUT2D eigenvalue weighted by Crippen LogP contribution is -2.14. The van der Waals surface area contributed by atoms with Gasteiger partial charge in [-0.2, -0.15) is 0 Å². The summed E-state index contributed by atoms with van der Waals surface area (Å²) < 4.78 is 28.7. The minimum atomic E-state index is -3.84. The highest BCUT2D eigenvalue weighted by molar-refractivity contribution is 7.92. The van der Waals surface area contributed by atoms with Crippen LogP contribution in [0.2, 0.25) is 5.02 Å². The van der Waals surface area contributed by atoms with E-state index in [9.17, 15) is 13.2 Å². The van der Waals surface area contributed by atoms with Gasteiger partial charge in [-0.15, -0.1) is 0 Å². The number of aryl methyl sites for hydroxylation is 1. The number of sulfonamides is 1. The minimum absolute atomic E-state index is 0.151. The maximum Gasteiger partial charge on any atom is 0.261 e. The molecule has 4 rings (SSSR count). The van der Waals surface area contributed by atoms with Gasteiger partial charge >= 0.3 is 0 Å². The number of benzene rings is 4. The van der Waals surface area contributed by atoms with Crippen molar-refractivity contribution in [3.63, 3.8) is 0 Å². The molecule has 6 heteroatoms. The highest BCUT2D eigenvalue weighted by Gasteiger charge is 2.22. The fourth-order valence-electron chi connectivity index (χ4n) is 3.44. The molecule has 0 radical (unpaired) electrons. The molecule has 0 saturated heterocycles. The van der Waals surface area contributed by atoms with E-state index in [1.54, 1.807) is 91.0 Å². The molecule has 4 nitrogen and oxygen atoms in total. The SMILES string of the molecule is Cc1ccc(S(=O)(=O)Nc2ccccc2-c2c(Cl)cccc2C(=O)c2ccccc2)cc1. The molecule has 0 unspecified atom stereocenters. The van der Waals surface area contributed by atoms with E-state index in [4.69, 9.17) is 11.6 Å². The molecule has 32 heavy (non-hydrogen) atoms. The third-order valence-corrected chi connectivity index (χ3v) is 6.76. The molecule has 0 saturated carbocycles. The van der Waals surface area contributed by atoms with Crippen LogP contribution >= 0.6 is 11.6 Å². The zero-order valence-electron chi connectivity index (χ0n) is 17.2. The zero-order chi connectivity index (χ0) is 22.7. The van der Waals surface area contributed by atoms with E-state index in [0.717, 1.165) is 5.56 Å². The Bertz CT molecular complexity index is 1380. The number of carbonyl (C=O) groups is 1. The summed E-state index contributed by atoms with van der Waals surface area (Å²) in [6, 6.07) is 27.5. The van der Waals surface area contributed by atoms with Crippen molar-refractivity contribution in [2.24, 2.45) is 0 Å². The molecule has 0 amide bonds. The monoisotopic (exact) mass is 461 g/mol. The molecule has 0 aliphatic heterocycles. The molecular formula is C26H20ClNO3S. The van der Waals surface area contributed by atoms with Crippen LogP contribution in [0.3, 0.4) is 0 Å². The summed E-state index contributed by atoms with van der Waals surface area (Å²) in [5.74, 6) is -0.195. The van der Waals surface area contributed by atoms with Crippen LogP contribution in [-0.2, 0) is 10.0 Å². The lowest BCUT2D eigenvalue weighted by Gasteiger charge is -2.16. The molecule has 4 aromatic rings. The maximum atomic E-state index is 13.2. The summed E-state index contributed by atoms with van der Waals surface area (Å²) in [5, 5.41) is 0.355. The van der Waals surface area contributed by atoms with Crippen LogP contribution in [0.5, 0.6) is 0 Å². The average Bonchev–Trinajstić information content (AvgIpc) is 2.80. The minimum Gasteiger partial charge on any atom is -0.289 e. The molecule has 0 heterocycles. The molecular weight excluding hydrogens is 442 g/mol. The van der Waals surface area contributed by atoms with E-state index in [-0.39, 0.29) is 10.7 Å². The van der Waals surface area contributed by atoms with Gasteiger partial charge in [0.05, 0.1) is 10.6 Å². The van der Waals surface area contributed by atoms with Crippen LogP contribution in [0.1, 0.15) is 21.5 Å². The van der Waals surface area contributed by atoms with Gasteiger partial charge in [-0.05, 0) is 31.2 Å². The van der Waals surface area contributed by atoms with Gasteiger partial charge in [0.1, 0.15) is 0 Å². The van der Waals surface area contributed by atoms with Gasteiger partial charge in [-0.25, -0.2) is 8.42 Å². The second-order valence-electron chi connectivity index (χ2n) is 7.32. The Labute approximate surface area is 192 Å². The zero-order valence-corrected chi connectivity index (χ0v) is 18.8. The number of nitrogens with one attached hydrogen (secondary N) is 1. The summed E-state index contributed by atoms with van der Waals surface area (Å²) in [6.45, 7) is 1.89. The Kier molecular flexibility index (Phi) is 6.12. The largest absolute Gasteiger partial charge is 0.289 e. The molecule has 0 aliphatic rings. The predicted molar refractivity (Wildman–Crippen MR) is 129 cm³/mol. The van der Waals surface area contributed by atoms with Crippen LogP contribution in [-0.4, -0.2) is 14.2 Å². The van der Waals surface area contributed by atoms with Gasteiger partial charge in [0.15, 0.2) is 5.78 Å². The number of halogens is 1. The molecule has 0 spiro atoms. The Hall–Kier alpha value is -3.41. The van der Waals surface area contributed by atoms with Crippen molar-refractivity contribution in [1.29, 1.82) is 0 Å². The molecule has 160 valence electrons. The maximum absolute atomic E-state index is 13.2. The number of hydrogen-bond donors (Lipinski definition) is 1. The van der Waals surface area contributed by atoms with Crippen LogP contribution < -0.4 is 4.72 Å². The lowest BCUT2D eigenvalue weighted by atomic mass is 9.93. The molecule has 0 aliphatic carbocycles. The van der Waals surface area contributed by atoms with Crippen molar-refractivity contribution in [2.45, 2.75) is 11.8 Å². The number of anilines is 1. The summed E-state index contributed by atoms with van der Waals surface area (Å²) in [4.78, 5) is 13.4. The first-order valence-corrected chi connectivity index (χ1v) is 11.8. The first-order chi connectivity index (χ1) is 15.4. The van der Waals surface area contributed by atoms with E-state index in [1.165, 1.54) is 0 Å². The number of ketones is 1. The van der Waals surface area contributed by atoms with E-state index in [2.05, 4.69) is 4.72 Å². The number of hydrogen-bond acceptors (Lipinski definition) is 3. The van der Waals surface area contributed by atoms with Crippen molar-refractivity contribution >= 4 is 33.1 Å². The molecule has 0 fully saturated rings. The third kappa shape index (κ3) is 4.44. The average molecular weight is 462 g/mol. The van der Waals surface area contributed by atoms with Gasteiger partial charge in [-0.3, -0.25) is 9.52 Å². The molecule has 0 bridgehead atoms. The highest BCUT2D eigenvalue weighted by Crippen LogP contribution is 2.38. The Balaban J connectivity index is 1.82. The van der Waals surface area contributed by atoms with E-state index in [0.29, 0.717) is 33.0 Å². The summed E-state index contributed by atoms with van der Waals surface area (Å²) in [5.41, 5.74) is 3.21. The molecule has 0 aromatic heterocycles. The van der Waals surface area contributed by atoms with Crippen LogP contribution in [0.25, 0.3) is 11.1 Å². The number of para-hydroxylation sites is 1. The quantitative estimate of drug-likeness (QED) is 0.340. The van der Waals surface area contributed by atoms with Crippen LogP contribution in [0.4, 0.5) is 5.69 Å². The van der Waals surface area contributed by atoms with E-state index >= 15 is 0 Å². The normalized spacial score (nSPS) is 11.2. The first kappa shape index (κ1) is 21.8. The Morgan fingerprint density at radius 1 is 0.781 bits per heavy atom. The predicted octanol–water partition coefficient (Wildman–Crippen LogP) is 6.35. The first-order valence-electron chi connectivity index (χ1n) is 9.94. The highest BCUT2D eigenvalue weighted by atomic mass is 35.5. The van der Waals surface area contributed by atoms with Crippen molar-refractivity contribution < 1.29 is 13.2 Å². The summed E-state index contributed by atoms with van der Waals surface area (Å²) in [7, 11) is -3.84. The smallest absolute Gasteiger partial charge is 0.261 e. The Morgan fingerprint density at radius 3 is 2.16 bits per heavy atom. The number of rotatable bonds is 6. The van der Waals surface area contributed by atoms with Crippen molar-refractivity contribution in [2.75, 3.05) is 4.72 Å². The Morgan fingerprint density at radius 2 is 1.44 bits per heavy atom. The van der Waals surface area contributed by atoms with Gasteiger partial charge in [-0.1, -0.05) is 90.0 Å². The third-order valence-electron chi connectivity index (χ3n) is 5.07. The standard InChI is InChI=1S/C26H20ClNO3S/c1-18-14-16-20(17-15-18)32(30,31)28-24-13-6-5-10-21(24)25-22(11-7-12-23(25)27)26(29)19-8-3-2-4-9-19/h2-17,28H,1H3. The lowest BCUT2D eigenvalue weighted by molar-refractivity contribution is 0.103. The second-order valence-corrected chi connectivity index (χ2v) is 9.41. The number of carbonyl (C=O) groups excluding carboxylic acids is 1. The van der Waals surface area contributed by atoms with Gasteiger partial charge in [0.2, 0.25) is 0 Å². The van der Waals surface area contributed by atoms with Crippen LogP contribution in [0, 0.1) is 6.92 Å². The van der Waals surface area contributed by atoms with Gasteiger partial charge in [0, 0.05) is 27.3 Å². The van der Waals surface area contributed by atoms with Crippen molar-refractivity contribution in [1.82, 2.24) is 0 Å². The molecule has 4 aromatic carbocycles. The molecule has 1 N–H and O–H groups in total. The van der Waals surface area contributed by atoms with Crippen molar-refractivity contribution in [3.8, 4) is 11.1 Å². The van der Waals surface area contributed by atoms with Gasteiger partial charge in [0.25, 0.3) is 10.0 Å². The fraction of sp³-hybridized carbons (Fsp3) is 0.0385. The molecule has 0 atom stereocenters. The van der Waals surface area contributed by atoms with E-state index in [1.807, 2.05) is 13.0 Å². The van der Waals surface area contributed by atoms with E-state index < -0.39 is 10.0 Å².